The molecule has 0 aliphatic carbocycles. The van der Waals surface area contributed by atoms with Gasteiger partial charge in [0.05, 0.1) is 0 Å². The Hall–Kier alpha value is -1.40. The minimum atomic E-state index is -4.50. The molecule has 1 N–H and O–H groups in total. The smallest absolute Gasteiger partial charge is 0.308 e. The first-order valence-corrected chi connectivity index (χ1v) is 9.66. The number of unbranched alkanes of at least 4 members (excludes halogenated alkanes) is 6. The van der Waals surface area contributed by atoms with Gasteiger partial charge in [-0.1, -0.05) is 75.8 Å². The van der Waals surface area contributed by atoms with Crippen LogP contribution < -0.4 is 0 Å². The molecule has 0 bridgehead atoms. The zero-order chi connectivity index (χ0) is 17.1. The van der Waals surface area contributed by atoms with Gasteiger partial charge in [-0.3, -0.25) is 9.35 Å². The molecule has 0 aliphatic rings. The lowest BCUT2D eigenvalue weighted by Crippen LogP contribution is -2.19. The molecule has 130 valence electrons. The fourth-order valence-electron chi connectivity index (χ4n) is 2.32. The molecule has 1 atom stereocenters. The van der Waals surface area contributed by atoms with E-state index >= 15 is 0 Å². The van der Waals surface area contributed by atoms with Gasteiger partial charge in [-0.2, -0.15) is 8.42 Å². The first-order valence-electron chi connectivity index (χ1n) is 8.16. The summed E-state index contributed by atoms with van der Waals surface area (Å²) in [5, 5.41) is 0. The average Bonchev–Trinajstić information content (AvgIpc) is 2.51. The van der Waals surface area contributed by atoms with Crippen LogP contribution in [0.4, 0.5) is 0 Å². The van der Waals surface area contributed by atoms with Gasteiger partial charge in [-0.15, -0.1) is 0 Å². The Balaban J connectivity index is 2.41. The van der Waals surface area contributed by atoms with Crippen LogP contribution in [-0.2, 0) is 19.6 Å². The topological polar surface area (TPSA) is 80.7 Å². The molecule has 0 aromatic heterocycles. The van der Waals surface area contributed by atoms with Gasteiger partial charge in [0, 0.05) is 12.0 Å². The molecule has 0 amide bonds. The third kappa shape index (κ3) is 8.13. The lowest BCUT2D eigenvalue weighted by atomic mass is 10.1. The van der Waals surface area contributed by atoms with E-state index in [0.717, 1.165) is 19.3 Å². The lowest BCUT2D eigenvalue weighted by molar-refractivity contribution is -0.146. The van der Waals surface area contributed by atoms with E-state index < -0.39 is 21.5 Å². The molecule has 6 heteroatoms. The molecule has 1 aromatic rings. The van der Waals surface area contributed by atoms with Gasteiger partial charge in [-0.05, 0) is 6.42 Å². The predicted octanol–water partition coefficient (Wildman–Crippen LogP) is 4.26. The van der Waals surface area contributed by atoms with Crippen LogP contribution in [0, 0.1) is 0 Å². The highest BCUT2D eigenvalue weighted by Crippen LogP contribution is 2.23. The molecule has 0 radical (unpaired) electrons. The Morgan fingerprint density at radius 3 is 2.17 bits per heavy atom. The van der Waals surface area contributed by atoms with Crippen molar-refractivity contribution in [2.75, 3.05) is 0 Å². The Morgan fingerprint density at radius 1 is 1.04 bits per heavy atom. The molecule has 1 unspecified atom stereocenters. The molecule has 0 spiro atoms. The monoisotopic (exact) mass is 342 g/mol. The van der Waals surface area contributed by atoms with Gasteiger partial charge in [0.1, 0.15) is 0 Å². The Labute approximate surface area is 138 Å². The fraction of sp³-hybridized carbons (Fsp3) is 0.588. The van der Waals surface area contributed by atoms with Crippen molar-refractivity contribution < 1.29 is 22.5 Å². The van der Waals surface area contributed by atoms with Crippen molar-refractivity contribution in [3.63, 3.8) is 0 Å². The van der Waals surface area contributed by atoms with Crippen molar-refractivity contribution >= 4 is 16.1 Å². The van der Waals surface area contributed by atoms with Gasteiger partial charge in [0.2, 0.25) is 0 Å². The van der Waals surface area contributed by atoms with E-state index in [1.54, 1.807) is 18.2 Å². The molecule has 1 rings (SSSR count). The van der Waals surface area contributed by atoms with E-state index in [-0.39, 0.29) is 12.0 Å². The van der Waals surface area contributed by atoms with Crippen LogP contribution in [0.3, 0.4) is 0 Å². The van der Waals surface area contributed by atoms with Crippen LogP contribution >= 0.6 is 0 Å². The van der Waals surface area contributed by atoms with Crippen LogP contribution in [0.15, 0.2) is 30.3 Å². The zero-order valence-electron chi connectivity index (χ0n) is 13.6. The molecule has 1 aromatic carbocycles. The fourth-order valence-corrected chi connectivity index (χ4v) is 3.05. The van der Waals surface area contributed by atoms with Crippen LogP contribution in [0.2, 0.25) is 0 Å². The quantitative estimate of drug-likeness (QED) is 0.369. The molecule has 0 saturated heterocycles. The molecular weight excluding hydrogens is 316 g/mol. The first kappa shape index (κ1) is 19.6. The van der Waals surface area contributed by atoms with Gasteiger partial charge >= 0.3 is 16.1 Å². The number of ether oxygens (including phenoxy) is 1. The van der Waals surface area contributed by atoms with Crippen molar-refractivity contribution in [1.29, 1.82) is 0 Å². The van der Waals surface area contributed by atoms with E-state index in [9.17, 15) is 17.8 Å². The minimum Gasteiger partial charge on any atom is -0.438 e. The highest BCUT2D eigenvalue weighted by molar-refractivity contribution is 7.85. The third-order valence-electron chi connectivity index (χ3n) is 3.57. The van der Waals surface area contributed by atoms with Crippen molar-refractivity contribution in [3.05, 3.63) is 35.9 Å². The SMILES string of the molecule is CCCCCCCCCC(=O)OC(c1ccccc1)S(=O)(=O)O. The number of hydrogen-bond donors (Lipinski definition) is 1. The molecule has 0 fully saturated rings. The molecule has 0 heterocycles. The zero-order valence-corrected chi connectivity index (χ0v) is 14.4. The highest BCUT2D eigenvalue weighted by atomic mass is 32.2. The van der Waals surface area contributed by atoms with Crippen molar-refractivity contribution in [2.24, 2.45) is 0 Å². The van der Waals surface area contributed by atoms with E-state index in [1.807, 2.05) is 0 Å². The maximum Gasteiger partial charge on any atom is 0.308 e. The molecular formula is C17H26O5S. The van der Waals surface area contributed by atoms with Crippen LogP contribution in [0.1, 0.15) is 69.3 Å². The summed E-state index contributed by atoms with van der Waals surface area (Å²) in [6, 6.07) is 7.96. The van der Waals surface area contributed by atoms with Crippen LogP contribution in [-0.4, -0.2) is 18.9 Å². The second-order valence-corrected chi connectivity index (χ2v) is 7.08. The van der Waals surface area contributed by atoms with Crippen molar-refractivity contribution in [3.8, 4) is 0 Å². The number of carbonyl (C=O) groups excluding carboxylic acids is 1. The summed E-state index contributed by atoms with van der Waals surface area (Å²) in [5.41, 5.74) is -1.41. The molecule has 0 aliphatic heterocycles. The van der Waals surface area contributed by atoms with Crippen LogP contribution in [0.25, 0.3) is 0 Å². The Bertz CT molecular complexity index is 554. The second kappa shape index (κ2) is 10.4. The van der Waals surface area contributed by atoms with Crippen molar-refractivity contribution in [2.45, 2.75) is 63.7 Å². The predicted molar refractivity (Wildman–Crippen MR) is 89.4 cm³/mol. The van der Waals surface area contributed by atoms with Crippen molar-refractivity contribution in [1.82, 2.24) is 0 Å². The minimum absolute atomic E-state index is 0.159. The van der Waals surface area contributed by atoms with Gasteiger partial charge in [0.25, 0.3) is 5.44 Å². The summed E-state index contributed by atoms with van der Waals surface area (Å²) < 4.78 is 37.1. The van der Waals surface area contributed by atoms with Gasteiger partial charge < -0.3 is 4.74 Å². The second-order valence-electron chi connectivity index (χ2n) is 5.62. The third-order valence-corrected chi connectivity index (χ3v) is 4.47. The number of benzene rings is 1. The van der Waals surface area contributed by atoms with E-state index in [4.69, 9.17) is 4.74 Å². The summed E-state index contributed by atoms with van der Waals surface area (Å²) >= 11 is 0. The summed E-state index contributed by atoms with van der Waals surface area (Å²) in [4.78, 5) is 11.8. The maximum absolute atomic E-state index is 11.8. The van der Waals surface area contributed by atoms with Gasteiger partial charge in [0.15, 0.2) is 0 Å². The van der Waals surface area contributed by atoms with E-state index in [0.29, 0.717) is 6.42 Å². The normalized spacial score (nSPS) is 12.8. The standard InChI is InChI=1S/C17H26O5S/c1-2-3-4-5-6-7-11-14-16(18)22-17(23(19,20)21)15-12-9-8-10-13-15/h8-10,12-13,17H,2-7,11,14H2,1H3,(H,19,20,21). The van der Waals surface area contributed by atoms with Gasteiger partial charge in [-0.25, -0.2) is 0 Å². The molecule has 5 nitrogen and oxygen atoms in total. The number of carbonyl (C=O) groups is 1. The maximum atomic E-state index is 11.8. The Morgan fingerprint density at radius 2 is 1.61 bits per heavy atom. The lowest BCUT2D eigenvalue weighted by Gasteiger charge is -2.15. The van der Waals surface area contributed by atoms with E-state index in [1.165, 1.54) is 31.4 Å². The summed E-state index contributed by atoms with van der Waals surface area (Å²) in [5.74, 6) is -0.606. The number of hydrogen-bond acceptors (Lipinski definition) is 4. The summed E-state index contributed by atoms with van der Waals surface area (Å²) in [7, 11) is -4.50. The summed E-state index contributed by atoms with van der Waals surface area (Å²) in [6.45, 7) is 2.16. The molecule has 0 saturated carbocycles. The number of esters is 1. The largest absolute Gasteiger partial charge is 0.438 e. The van der Waals surface area contributed by atoms with Crippen LogP contribution in [0.5, 0.6) is 0 Å². The number of rotatable bonds is 11. The Kier molecular flexibility index (Phi) is 8.87. The van der Waals surface area contributed by atoms with E-state index in [2.05, 4.69) is 6.92 Å². The first-order chi connectivity index (χ1) is 10.9. The summed E-state index contributed by atoms with van der Waals surface area (Å²) in [6.07, 6.45) is 7.59. The average molecular weight is 342 g/mol. The molecule has 23 heavy (non-hydrogen) atoms. The highest BCUT2D eigenvalue weighted by Gasteiger charge is 2.28.